The maximum Gasteiger partial charge on any atom is 0.213 e. The van der Waals surface area contributed by atoms with Gasteiger partial charge in [0, 0.05) is 19.2 Å². The molecule has 0 amide bonds. The van der Waals surface area contributed by atoms with Crippen LogP contribution in [0.3, 0.4) is 0 Å². The zero-order valence-electron chi connectivity index (χ0n) is 9.44. The predicted molar refractivity (Wildman–Crippen MR) is 60.8 cm³/mol. The van der Waals surface area contributed by atoms with E-state index in [9.17, 15) is 0 Å². The summed E-state index contributed by atoms with van der Waals surface area (Å²) in [5.41, 5.74) is 6.35. The Labute approximate surface area is 91.1 Å². The number of hydrogen-bond donors (Lipinski definition) is 1. The molecule has 1 rings (SSSR count). The predicted octanol–water partition coefficient (Wildman–Crippen LogP) is 0.871. The van der Waals surface area contributed by atoms with Gasteiger partial charge >= 0.3 is 0 Å². The minimum absolute atomic E-state index is 0.453. The van der Waals surface area contributed by atoms with Gasteiger partial charge in [-0.25, -0.2) is 4.98 Å². The first-order valence-corrected chi connectivity index (χ1v) is 5.16. The number of rotatable bonds is 6. The largest absolute Gasteiger partial charge is 0.478 e. The summed E-state index contributed by atoms with van der Waals surface area (Å²) in [4.78, 5) is 6.38. The zero-order chi connectivity index (χ0) is 11.1. The minimum Gasteiger partial charge on any atom is -0.478 e. The first-order chi connectivity index (χ1) is 7.22. The van der Waals surface area contributed by atoms with Gasteiger partial charge < -0.3 is 15.4 Å². The maximum atomic E-state index is 5.51. The molecule has 0 bridgehead atoms. The van der Waals surface area contributed by atoms with E-state index in [2.05, 4.69) is 9.88 Å². The van der Waals surface area contributed by atoms with E-state index in [1.54, 1.807) is 0 Å². The van der Waals surface area contributed by atoms with E-state index >= 15 is 0 Å². The summed E-state index contributed by atoms with van der Waals surface area (Å²) in [6, 6.07) is 5.66. The van der Waals surface area contributed by atoms with Crippen molar-refractivity contribution in [1.82, 2.24) is 9.88 Å². The second-order valence-corrected chi connectivity index (χ2v) is 3.68. The Morgan fingerprint density at radius 2 is 2.20 bits per heavy atom. The van der Waals surface area contributed by atoms with Crippen LogP contribution in [0.15, 0.2) is 18.2 Å². The van der Waals surface area contributed by atoms with E-state index in [0.29, 0.717) is 19.0 Å². The van der Waals surface area contributed by atoms with E-state index in [1.807, 2.05) is 32.3 Å². The van der Waals surface area contributed by atoms with Gasteiger partial charge in [0.25, 0.3) is 0 Å². The average Bonchev–Trinajstić information content (AvgIpc) is 2.24. The topological polar surface area (TPSA) is 51.4 Å². The summed E-state index contributed by atoms with van der Waals surface area (Å²) in [5, 5.41) is 0. The highest BCUT2D eigenvalue weighted by Crippen LogP contribution is 2.07. The van der Waals surface area contributed by atoms with Crippen molar-refractivity contribution < 1.29 is 4.74 Å². The second kappa shape index (κ2) is 6.37. The van der Waals surface area contributed by atoms with Crippen LogP contribution in [0.4, 0.5) is 0 Å². The molecule has 0 fully saturated rings. The number of nitrogens with two attached hydrogens (primary N) is 1. The summed E-state index contributed by atoms with van der Waals surface area (Å²) in [7, 11) is 4.10. The molecular weight excluding hydrogens is 190 g/mol. The highest BCUT2D eigenvalue weighted by Gasteiger charge is 1.97. The van der Waals surface area contributed by atoms with Crippen molar-refractivity contribution in [3.63, 3.8) is 0 Å². The van der Waals surface area contributed by atoms with Gasteiger partial charge in [-0.15, -0.1) is 0 Å². The summed E-state index contributed by atoms with van der Waals surface area (Å²) < 4.78 is 5.51. The van der Waals surface area contributed by atoms with Crippen LogP contribution in [0.25, 0.3) is 0 Å². The molecule has 0 unspecified atom stereocenters. The summed E-state index contributed by atoms with van der Waals surface area (Å²) in [6.45, 7) is 2.17. The first kappa shape index (κ1) is 11.9. The molecule has 0 radical (unpaired) electrons. The molecule has 0 atom stereocenters. The fourth-order valence-corrected chi connectivity index (χ4v) is 1.21. The molecule has 84 valence electrons. The average molecular weight is 209 g/mol. The highest BCUT2D eigenvalue weighted by atomic mass is 16.5. The maximum absolute atomic E-state index is 5.51. The molecule has 0 saturated carbocycles. The van der Waals surface area contributed by atoms with Crippen molar-refractivity contribution >= 4 is 0 Å². The van der Waals surface area contributed by atoms with Crippen LogP contribution in [0.2, 0.25) is 0 Å². The normalized spacial score (nSPS) is 10.7. The van der Waals surface area contributed by atoms with Gasteiger partial charge in [-0.1, -0.05) is 6.07 Å². The Balaban J connectivity index is 2.30. The van der Waals surface area contributed by atoms with Gasteiger partial charge in [0.05, 0.1) is 12.3 Å². The van der Waals surface area contributed by atoms with E-state index in [0.717, 1.165) is 18.7 Å². The molecule has 4 nitrogen and oxygen atoms in total. The van der Waals surface area contributed by atoms with Gasteiger partial charge in [0.15, 0.2) is 0 Å². The molecule has 0 aliphatic heterocycles. The van der Waals surface area contributed by atoms with Gasteiger partial charge in [-0.3, -0.25) is 0 Å². The van der Waals surface area contributed by atoms with Crippen molar-refractivity contribution in [2.24, 2.45) is 5.73 Å². The van der Waals surface area contributed by atoms with Crippen LogP contribution < -0.4 is 10.5 Å². The summed E-state index contributed by atoms with van der Waals surface area (Å²) in [5.74, 6) is 0.664. The fraction of sp³-hybridized carbons (Fsp3) is 0.545. The lowest BCUT2D eigenvalue weighted by Crippen LogP contribution is -2.15. The number of hydrogen-bond acceptors (Lipinski definition) is 4. The van der Waals surface area contributed by atoms with Crippen molar-refractivity contribution in [3.05, 3.63) is 23.9 Å². The summed E-state index contributed by atoms with van der Waals surface area (Å²) >= 11 is 0. The zero-order valence-corrected chi connectivity index (χ0v) is 9.44. The monoisotopic (exact) mass is 209 g/mol. The Hall–Kier alpha value is -1.13. The number of aromatic nitrogens is 1. The second-order valence-electron chi connectivity index (χ2n) is 3.68. The lowest BCUT2D eigenvalue weighted by Gasteiger charge is -2.10. The van der Waals surface area contributed by atoms with Gasteiger partial charge in [-0.2, -0.15) is 0 Å². The Morgan fingerprint density at radius 3 is 2.87 bits per heavy atom. The number of ether oxygens (including phenoxy) is 1. The molecule has 1 aromatic heterocycles. The Morgan fingerprint density at radius 1 is 1.40 bits per heavy atom. The van der Waals surface area contributed by atoms with Crippen LogP contribution in [0.5, 0.6) is 5.88 Å². The molecule has 0 aliphatic carbocycles. The quantitative estimate of drug-likeness (QED) is 0.706. The number of pyridine rings is 1. The Kier molecular flexibility index (Phi) is 5.07. The molecular formula is C11H19N3O. The highest BCUT2D eigenvalue weighted by molar-refractivity contribution is 5.15. The molecule has 0 aliphatic rings. The third-order valence-electron chi connectivity index (χ3n) is 1.99. The smallest absolute Gasteiger partial charge is 0.213 e. The van der Waals surface area contributed by atoms with Crippen molar-refractivity contribution in [2.75, 3.05) is 27.2 Å². The molecule has 1 heterocycles. The molecule has 0 aromatic carbocycles. The van der Waals surface area contributed by atoms with Gasteiger partial charge in [-0.05, 0) is 26.6 Å². The van der Waals surface area contributed by atoms with Crippen LogP contribution >= 0.6 is 0 Å². The summed E-state index contributed by atoms with van der Waals surface area (Å²) in [6.07, 6.45) is 1.00. The molecule has 4 heteroatoms. The van der Waals surface area contributed by atoms with E-state index < -0.39 is 0 Å². The molecule has 0 spiro atoms. The van der Waals surface area contributed by atoms with E-state index in [-0.39, 0.29) is 0 Å². The van der Waals surface area contributed by atoms with Crippen LogP contribution in [-0.2, 0) is 6.54 Å². The van der Waals surface area contributed by atoms with Gasteiger partial charge in [0.2, 0.25) is 5.88 Å². The molecule has 2 N–H and O–H groups in total. The third kappa shape index (κ3) is 4.76. The third-order valence-corrected chi connectivity index (χ3v) is 1.99. The van der Waals surface area contributed by atoms with E-state index in [1.165, 1.54) is 0 Å². The first-order valence-electron chi connectivity index (χ1n) is 5.16. The Bertz CT molecular complexity index is 289. The standard InChI is InChI=1S/C11H19N3O/c1-14(2)7-4-8-15-11-6-3-5-10(9-12)13-11/h3,5-6H,4,7-9,12H2,1-2H3. The van der Waals surface area contributed by atoms with E-state index in [4.69, 9.17) is 10.5 Å². The van der Waals surface area contributed by atoms with Crippen LogP contribution in [0, 0.1) is 0 Å². The van der Waals surface area contributed by atoms with Crippen LogP contribution in [-0.4, -0.2) is 37.1 Å². The molecule has 15 heavy (non-hydrogen) atoms. The molecule has 0 saturated heterocycles. The lowest BCUT2D eigenvalue weighted by atomic mass is 10.3. The van der Waals surface area contributed by atoms with Crippen LogP contribution in [0.1, 0.15) is 12.1 Å². The van der Waals surface area contributed by atoms with Gasteiger partial charge in [0.1, 0.15) is 0 Å². The minimum atomic E-state index is 0.453. The number of nitrogens with zero attached hydrogens (tertiary/aromatic N) is 2. The fourth-order valence-electron chi connectivity index (χ4n) is 1.21. The SMILES string of the molecule is CN(C)CCCOc1cccc(CN)n1. The van der Waals surface area contributed by atoms with Crippen molar-refractivity contribution in [3.8, 4) is 5.88 Å². The lowest BCUT2D eigenvalue weighted by molar-refractivity contribution is 0.272. The van der Waals surface area contributed by atoms with Crippen molar-refractivity contribution in [2.45, 2.75) is 13.0 Å². The molecule has 1 aromatic rings. The van der Waals surface area contributed by atoms with Crippen molar-refractivity contribution in [1.29, 1.82) is 0 Å².